The van der Waals surface area contributed by atoms with Crippen molar-refractivity contribution in [1.82, 2.24) is 4.90 Å². The zero-order valence-electron chi connectivity index (χ0n) is 7.42. The molecule has 1 aliphatic heterocycles. The van der Waals surface area contributed by atoms with Crippen LogP contribution in [0.2, 0.25) is 0 Å². The largest absolute Gasteiger partial charge is 0.378 e. The maximum absolute atomic E-state index is 11.6. The third-order valence-corrected chi connectivity index (χ3v) is 3.44. The monoisotopic (exact) mass is 326 g/mol. The number of thioether (sulfide) groups is 1. The SMILES string of the molecule is N=C(N)SC(=N)C(=O)N1CCC(I)C1. The van der Waals surface area contributed by atoms with Crippen LogP contribution in [-0.4, -0.2) is 38.0 Å². The molecule has 1 rings (SSSR count). The number of amides is 1. The van der Waals surface area contributed by atoms with Crippen molar-refractivity contribution >= 4 is 50.5 Å². The lowest BCUT2D eigenvalue weighted by molar-refractivity contribution is -0.122. The van der Waals surface area contributed by atoms with Gasteiger partial charge in [-0.2, -0.15) is 0 Å². The van der Waals surface area contributed by atoms with Gasteiger partial charge in [0.2, 0.25) is 0 Å². The second-order valence-electron chi connectivity index (χ2n) is 2.93. The predicted octanol–water partition coefficient (Wildman–Crippen LogP) is 0.626. The Kier molecular flexibility index (Phi) is 4.17. The number of nitrogens with two attached hydrogens (primary N) is 1. The van der Waals surface area contributed by atoms with E-state index >= 15 is 0 Å². The Labute approximate surface area is 99.9 Å². The lowest BCUT2D eigenvalue weighted by Gasteiger charge is -2.14. The Hall–Kier alpha value is -0.310. The first-order valence-corrected chi connectivity index (χ1v) is 6.10. The van der Waals surface area contributed by atoms with Gasteiger partial charge in [-0.15, -0.1) is 0 Å². The summed E-state index contributed by atoms with van der Waals surface area (Å²) in [4.78, 5) is 13.2. The Morgan fingerprint density at radius 3 is 2.64 bits per heavy atom. The molecule has 7 heteroatoms. The smallest absolute Gasteiger partial charge is 0.278 e. The number of nitrogens with zero attached hydrogens (tertiary/aromatic N) is 1. The standard InChI is InChI=1S/C7H11IN4OS/c8-4-1-2-12(3-4)6(13)5(9)14-7(10)11/h4,9H,1-3H2,(H3,10,11). The number of rotatable bonds is 0. The van der Waals surface area contributed by atoms with E-state index in [9.17, 15) is 4.79 Å². The normalized spacial score (nSPS) is 20.9. The van der Waals surface area contributed by atoms with Crippen LogP contribution in [0.5, 0.6) is 0 Å². The van der Waals surface area contributed by atoms with Crippen molar-refractivity contribution in [1.29, 1.82) is 10.8 Å². The Morgan fingerprint density at radius 1 is 1.57 bits per heavy atom. The lowest BCUT2D eigenvalue weighted by Crippen LogP contribution is -2.34. The molecule has 1 amide bonds. The van der Waals surface area contributed by atoms with E-state index in [1.807, 2.05) is 0 Å². The maximum atomic E-state index is 11.6. The second-order valence-corrected chi connectivity index (χ2v) is 5.75. The van der Waals surface area contributed by atoms with Crippen molar-refractivity contribution in [3.8, 4) is 0 Å². The van der Waals surface area contributed by atoms with E-state index in [4.69, 9.17) is 16.6 Å². The van der Waals surface area contributed by atoms with Gasteiger partial charge in [0, 0.05) is 17.0 Å². The first-order valence-electron chi connectivity index (χ1n) is 4.04. The summed E-state index contributed by atoms with van der Waals surface area (Å²) in [7, 11) is 0. The van der Waals surface area contributed by atoms with Gasteiger partial charge in [0.1, 0.15) is 0 Å². The molecule has 4 N–H and O–H groups in total. The molecule has 0 aromatic rings. The second kappa shape index (κ2) is 4.96. The number of halogens is 1. The van der Waals surface area contributed by atoms with Crippen LogP contribution in [-0.2, 0) is 4.79 Å². The number of carbonyl (C=O) groups is 1. The number of hydrogen-bond acceptors (Lipinski definition) is 4. The molecule has 0 aromatic heterocycles. The number of amidine groups is 1. The van der Waals surface area contributed by atoms with Gasteiger partial charge in [-0.1, -0.05) is 22.6 Å². The quantitative estimate of drug-likeness (QED) is 0.264. The van der Waals surface area contributed by atoms with Crippen LogP contribution in [0.3, 0.4) is 0 Å². The minimum absolute atomic E-state index is 0.164. The highest BCUT2D eigenvalue weighted by Gasteiger charge is 2.27. The van der Waals surface area contributed by atoms with E-state index in [0.717, 1.165) is 6.42 Å². The molecule has 0 bridgehead atoms. The van der Waals surface area contributed by atoms with Crippen molar-refractivity contribution in [2.45, 2.75) is 10.3 Å². The molecular formula is C7H11IN4OS. The average Bonchev–Trinajstić information content (AvgIpc) is 2.49. The van der Waals surface area contributed by atoms with Crippen LogP contribution in [0.4, 0.5) is 0 Å². The van der Waals surface area contributed by atoms with Gasteiger partial charge in [0.05, 0.1) is 0 Å². The fraction of sp³-hybridized carbons (Fsp3) is 0.571. The summed E-state index contributed by atoms with van der Waals surface area (Å²) < 4.78 is 0.478. The molecular weight excluding hydrogens is 315 g/mol. The third kappa shape index (κ3) is 3.12. The summed E-state index contributed by atoms with van der Waals surface area (Å²) in [6.07, 6.45) is 0.977. The van der Waals surface area contributed by atoms with Crippen LogP contribution in [0.25, 0.3) is 0 Å². The molecule has 5 nitrogen and oxygen atoms in total. The fourth-order valence-corrected chi connectivity index (χ4v) is 2.39. The molecule has 1 aliphatic rings. The third-order valence-electron chi connectivity index (χ3n) is 1.82. The average molecular weight is 326 g/mol. The summed E-state index contributed by atoms with van der Waals surface area (Å²) in [6, 6.07) is 0. The predicted molar refractivity (Wildman–Crippen MR) is 66.2 cm³/mol. The van der Waals surface area contributed by atoms with Crippen LogP contribution >= 0.6 is 34.4 Å². The summed E-state index contributed by atoms with van der Waals surface area (Å²) in [5.74, 6) is -0.315. The molecule has 0 radical (unpaired) electrons. The van der Waals surface area contributed by atoms with Crippen LogP contribution < -0.4 is 5.73 Å². The zero-order valence-corrected chi connectivity index (χ0v) is 10.4. The highest BCUT2D eigenvalue weighted by molar-refractivity contribution is 14.1. The van der Waals surface area contributed by atoms with Gasteiger partial charge < -0.3 is 10.6 Å². The highest BCUT2D eigenvalue weighted by Crippen LogP contribution is 2.18. The van der Waals surface area contributed by atoms with Crippen molar-refractivity contribution in [3.63, 3.8) is 0 Å². The van der Waals surface area contributed by atoms with Crippen molar-refractivity contribution in [2.24, 2.45) is 5.73 Å². The highest BCUT2D eigenvalue weighted by atomic mass is 127. The molecule has 0 saturated carbocycles. The number of alkyl halides is 1. The van der Waals surface area contributed by atoms with Gasteiger partial charge in [-0.05, 0) is 18.2 Å². The van der Waals surface area contributed by atoms with Gasteiger partial charge in [-0.3, -0.25) is 15.6 Å². The van der Waals surface area contributed by atoms with E-state index in [2.05, 4.69) is 22.6 Å². The molecule has 1 unspecified atom stereocenters. The lowest BCUT2D eigenvalue weighted by atomic mass is 10.4. The molecule has 0 aliphatic carbocycles. The summed E-state index contributed by atoms with van der Waals surface area (Å²) in [5.41, 5.74) is 5.09. The van der Waals surface area contributed by atoms with E-state index in [1.54, 1.807) is 4.90 Å². The molecule has 78 valence electrons. The number of hydrogen-bond donors (Lipinski definition) is 3. The minimum Gasteiger partial charge on any atom is -0.378 e. The van der Waals surface area contributed by atoms with Gasteiger partial charge in [0.25, 0.3) is 5.91 Å². The summed E-state index contributed by atoms with van der Waals surface area (Å²) >= 11 is 2.99. The first-order chi connectivity index (χ1) is 6.50. The zero-order chi connectivity index (χ0) is 10.7. The van der Waals surface area contributed by atoms with Crippen molar-refractivity contribution < 1.29 is 4.79 Å². The Morgan fingerprint density at radius 2 is 2.21 bits per heavy atom. The molecule has 1 fully saturated rings. The van der Waals surface area contributed by atoms with Gasteiger partial charge in [-0.25, -0.2) is 0 Å². The van der Waals surface area contributed by atoms with Crippen LogP contribution in [0.15, 0.2) is 0 Å². The minimum atomic E-state index is -0.315. The van der Waals surface area contributed by atoms with Crippen molar-refractivity contribution in [3.05, 3.63) is 0 Å². The number of nitrogens with one attached hydrogen (secondary N) is 2. The topological polar surface area (TPSA) is 94.0 Å². The van der Waals surface area contributed by atoms with E-state index in [0.29, 0.717) is 28.8 Å². The van der Waals surface area contributed by atoms with E-state index < -0.39 is 0 Å². The molecule has 0 spiro atoms. The molecule has 0 aromatic carbocycles. The number of likely N-dealkylation sites (tertiary alicyclic amines) is 1. The van der Waals surface area contributed by atoms with Gasteiger partial charge >= 0.3 is 0 Å². The van der Waals surface area contributed by atoms with Crippen molar-refractivity contribution in [2.75, 3.05) is 13.1 Å². The van der Waals surface area contributed by atoms with E-state index in [1.165, 1.54) is 0 Å². The van der Waals surface area contributed by atoms with Crippen LogP contribution in [0, 0.1) is 10.8 Å². The van der Waals surface area contributed by atoms with E-state index in [-0.39, 0.29) is 16.1 Å². The Bertz CT molecular complexity index is 283. The molecule has 14 heavy (non-hydrogen) atoms. The summed E-state index contributed by atoms with van der Waals surface area (Å²) in [5, 5.41) is 14.0. The van der Waals surface area contributed by atoms with Crippen LogP contribution in [0.1, 0.15) is 6.42 Å². The maximum Gasteiger partial charge on any atom is 0.278 e. The first kappa shape index (κ1) is 11.8. The molecule has 1 atom stereocenters. The fourth-order valence-electron chi connectivity index (χ4n) is 1.20. The van der Waals surface area contributed by atoms with Gasteiger partial charge in [0.15, 0.2) is 10.2 Å². The number of carbonyl (C=O) groups excluding carboxylic acids is 1. The molecule has 1 heterocycles. The molecule has 1 saturated heterocycles. The summed E-state index contributed by atoms with van der Waals surface area (Å²) in [6.45, 7) is 1.40. The Balaban J connectivity index is 2.49.